The van der Waals surface area contributed by atoms with Gasteiger partial charge in [0.2, 0.25) is 10.0 Å². The van der Waals surface area contributed by atoms with E-state index >= 15 is 0 Å². The van der Waals surface area contributed by atoms with Crippen LogP contribution in [0.1, 0.15) is 11.5 Å². The van der Waals surface area contributed by atoms with Crippen molar-refractivity contribution in [1.82, 2.24) is 4.31 Å². The van der Waals surface area contributed by atoms with Gasteiger partial charge in [-0.1, -0.05) is 30.3 Å². The van der Waals surface area contributed by atoms with Gasteiger partial charge >= 0.3 is 0 Å². The Kier molecular flexibility index (Phi) is 5.98. The van der Waals surface area contributed by atoms with Crippen LogP contribution in [-0.4, -0.2) is 32.4 Å². The number of benzene rings is 2. The lowest BCUT2D eigenvalue weighted by Gasteiger charge is -2.17. The van der Waals surface area contributed by atoms with Crippen LogP contribution in [0.3, 0.4) is 0 Å². The van der Waals surface area contributed by atoms with Crippen LogP contribution < -0.4 is 5.73 Å². The highest BCUT2D eigenvalue weighted by molar-refractivity contribution is 7.89. The molecule has 2 N–H and O–H groups in total. The van der Waals surface area contributed by atoms with Gasteiger partial charge in [0.15, 0.2) is 0 Å². The minimum absolute atomic E-state index is 0. The Balaban J connectivity index is 0.00000208. The maximum atomic E-state index is 13.0. The van der Waals surface area contributed by atoms with E-state index in [1.807, 2.05) is 30.3 Å². The third-order valence-corrected chi connectivity index (χ3v) is 6.24. The Morgan fingerprint density at radius 3 is 2.25 bits per heavy atom. The van der Waals surface area contributed by atoms with Crippen molar-refractivity contribution in [3.8, 4) is 0 Å². The molecule has 1 saturated heterocycles. The second-order valence-electron chi connectivity index (χ2n) is 5.79. The molecule has 4 nitrogen and oxygen atoms in total. The van der Waals surface area contributed by atoms with Gasteiger partial charge in [-0.2, -0.15) is 4.31 Å². The molecular formula is C17H20ClFN2O2S. The normalized spacial score (nSPS) is 21.4. The first-order valence-electron chi connectivity index (χ1n) is 7.53. The van der Waals surface area contributed by atoms with Gasteiger partial charge < -0.3 is 5.73 Å². The summed E-state index contributed by atoms with van der Waals surface area (Å²) in [6.45, 7) is 1.20. The first kappa shape index (κ1) is 18.9. The molecule has 2 atom stereocenters. The molecule has 0 aliphatic carbocycles. The molecule has 0 bridgehead atoms. The van der Waals surface area contributed by atoms with E-state index in [1.54, 1.807) is 0 Å². The van der Waals surface area contributed by atoms with Crippen molar-refractivity contribution in [3.63, 3.8) is 0 Å². The molecule has 0 saturated carbocycles. The highest BCUT2D eigenvalue weighted by Crippen LogP contribution is 2.35. The van der Waals surface area contributed by atoms with Crippen LogP contribution in [0.2, 0.25) is 0 Å². The van der Waals surface area contributed by atoms with E-state index in [-0.39, 0.29) is 29.1 Å². The number of halogens is 2. The Morgan fingerprint density at radius 1 is 1.04 bits per heavy atom. The molecule has 2 aromatic rings. The van der Waals surface area contributed by atoms with Crippen molar-refractivity contribution in [2.24, 2.45) is 11.7 Å². The quantitative estimate of drug-likeness (QED) is 0.899. The molecule has 24 heavy (non-hydrogen) atoms. The molecule has 0 unspecified atom stereocenters. The zero-order valence-electron chi connectivity index (χ0n) is 13.0. The predicted molar refractivity (Wildman–Crippen MR) is 94.1 cm³/mol. The third-order valence-electron chi connectivity index (χ3n) is 4.39. The summed E-state index contributed by atoms with van der Waals surface area (Å²) < 4.78 is 40.0. The molecule has 1 heterocycles. The number of nitrogens with two attached hydrogens (primary N) is 1. The second kappa shape index (κ2) is 7.61. The Labute approximate surface area is 147 Å². The molecule has 0 aromatic heterocycles. The van der Waals surface area contributed by atoms with E-state index in [0.717, 1.165) is 17.7 Å². The predicted octanol–water partition coefficient (Wildman–Crippen LogP) is 2.61. The van der Waals surface area contributed by atoms with Gasteiger partial charge in [0.25, 0.3) is 0 Å². The molecule has 2 aromatic carbocycles. The summed E-state index contributed by atoms with van der Waals surface area (Å²) in [5, 5.41) is 0. The van der Waals surface area contributed by atoms with E-state index in [1.165, 1.54) is 16.4 Å². The van der Waals surface area contributed by atoms with Crippen LogP contribution in [0.15, 0.2) is 59.5 Å². The molecule has 1 aliphatic heterocycles. The summed E-state index contributed by atoms with van der Waals surface area (Å²) in [6.07, 6.45) is 0. The van der Waals surface area contributed by atoms with Gasteiger partial charge in [-0.05, 0) is 42.3 Å². The van der Waals surface area contributed by atoms with Crippen LogP contribution in [0, 0.1) is 11.7 Å². The molecule has 130 valence electrons. The maximum Gasteiger partial charge on any atom is 0.243 e. The largest absolute Gasteiger partial charge is 0.330 e. The van der Waals surface area contributed by atoms with Crippen molar-refractivity contribution < 1.29 is 12.8 Å². The van der Waals surface area contributed by atoms with Crippen molar-refractivity contribution in [2.75, 3.05) is 19.6 Å². The van der Waals surface area contributed by atoms with E-state index in [2.05, 4.69) is 0 Å². The summed E-state index contributed by atoms with van der Waals surface area (Å²) in [5.74, 6) is -0.295. The molecule has 0 amide bonds. The van der Waals surface area contributed by atoms with Crippen molar-refractivity contribution in [3.05, 3.63) is 66.0 Å². The maximum absolute atomic E-state index is 13.0. The van der Waals surface area contributed by atoms with Crippen molar-refractivity contribution >= 4 is 22.4 Å². The van der Waals surface area contributed by atoms with Crippen LogP contribution >= 0.6 is 12.4 Å². The van der Waals surface area contributed by atoms with Crippen LogP contribution in [0.25, 0.3) is 0 Å². The molecule has 1 aliphatic rings. The van der Waals surface area contributed by atoms with E-state index in [4.69, 9.17) is 5.73 Å². The van der Waals surface area contributed by atoms with Crippen LogP contribution in [-0.2, 0) is 10.0 Å². The molecule has 0 spiro atoms. The van der Waals surface area contributed by atoms with Gasteiger partial charge in [-0.25, -0.2) is 12.8 Å². The van der Waals surface area contributed by atoms with Crippen LogP contribution in [0.4, 0.5) is 4.39 Å². The fraction of sp³-hybridized carbons (Fsp3) is 0.294. The lowest BCUT2D eigenvalue weighted by molar-refractivity contribution is 0.459. The zero-order chi connectivity index (χ0) is 16.4. The number of rotatable bonds is 4. The fourth-order valence-corrected chi connectivity index (χ4v) is 4.62. The fourth-order valence-electron chi connectivity index (χ4n) is 3.10. The minimum atomic E-state index is -3.63. The van der Waals surface area contributed by atoms with E-state index in [9.17, 15) is 12.8 Å². The molecular weight excluding hydrogens is 351 g/mol. The topological polar surface area (TPSA) is 63.4 Å². The number of hydrogen-bond donors (Lipinski definition) is 1. The molecule has 7 heteroatoms. The highest BCUT2D eigenvalue weighted by atomic mass is 35.5. The summed E-state index contributed by atoms with van der Waals surface area (Å²) in [7, 11) is -3.63. The van der Waals surface area contributed by atoms with Gasteiger partial charge in [-0.3, -0.25) is 0 Å². The highest BCUT2D eigenvalue weighted by Gasteiger charge is 2.39. The SMILES string of the molecule is Cl.NC[C@@H]1CN(S(=O)(=O)c2ccc(F)cc2)C[C@H]1c1ccccc1. The van der Waals surface area contributed by atoms with Gasteiger partial charge in [0.1, 0.15) is 5.82 Å². The lowest BCUT2D eigenvalue weighted by Crippen LogP contribution is -2.30. The van der Waals surface area contributed by atoms with Crippen molar-refractivity contribution in [2.45, 2.75) is 10.8 Å². The lowest BCUT2D eigenvalue weighted by atomic mass is 9.89. The van der Waals surface area contributed by atoms with Gasteiger partial charge in [0.05, 0.1) is 4.90 Å². The standard InChI is InChI=1S/C17H19FN2O2S.ClH/c18-15-6-8-16(9-7-15)23(21,22)20-11-14(10-19)17(12-20)13-4-2-1-3-5-13;/h1-9,14,17H,10-12,19H2;1H/t14-,17+;/m1./s1. The average molecular weight is 371 g/mol. The zero-order valence-corrected chi connectivity index (χ0v) is 14.6. The van der Waals surface area contributed by atoms with Crippen molar-refractivity contribution in [1.29, 1.82) is 0 Å². The first-order valence-corrected chi connectivity index (χ1v) is 8.97. The third kappa shape index (κ3) is 3.62. The van der Waals surface area contributed by atoms with Crippen LogP contribution in [0.5, 0.6) is 0 Å². The second-order valence-corrected chi connectivity index (χ2v) is 7.73. The summed E-state index contributed by atoms with van der Waals surface area (Å²) in [6, 6.07) is 14.8. The van der Waals surface area contributed by atoms with Gasteiger partial charge in [0, 0.05) is 19.0 Å². The Hall–Kier alpha value is -1.47. The molecule has 3 rings (SSSR count). The number of hydrogen-bond acceptors (Lipinski definition) is 3. The monoisotopic (exact) mass is 370 g/mol. The smallest absolute Gasteiger partial charge is 0.243 e. The Bertz CT molecular complexity index is 769. The van der Waals surface area contributed by atoms with Gasteiger partial charge in [-0.15, -0.1) is 12.4 Å². The number of nitrogens with zero attached hydrogens (tertiary/aromatic N) is 1. The van der Waals surface area contributed by atoms with E-state index in [0.29, 0.717) is 19.6 Å². The Morgan fingerprint density at radius 2 is 1.67 bits per heavy atom. The summed E-state index contributed by atoms with van der Waals surface area (Å²) in [5.41, 5.74) is 6.95. The summed E-state index contributed by atoms with van der Waals surface area (Å²) >= 11 is 0. The van der Waals surface area contributed by atoms with E-state index < -0.39 is 15.8 Å². The molecule has 1 fully saturated rings. The first-order chi connectivity index (χ1) is 11.0. The molecule has 0 radical (unpaired) electrons. The minimum Gasteiger partial charge on any atom is -0.330 e. The average Bonchev–Trinajstić information content (AvgIpc) is 3.01. The summed E-state index contributed by atoms with van der Waals surface area (Å²) in [4.78, 5) is 0.114. The number of sulfonamides is 1.